The average molecular weight is 488 g/mol. The molecule has 182 valence electrons. The fraction of sp³-hybridized carbons (Fsp3) is 0.0541. The molecule has 5 aromatic carbocycles. The molecule has 0 spiro atoms. The second kappa shape index (κ2) is 10.3. The van der Waals surface area contributed by atoms with Crippen molar-refractivity contribution < 1.29 is 0 Å². The minimum absolute atomic E-state index is 0.969. The molecular formula is C37H29N. The highest BCUT2D eigenvalue weighted by Crippen LogP contribution is 2.33. The molecule has 1 heterocycles. The second-order valence-corrected chi connectivity index (χ2v) is 9.89. The van der Waals surface area contributed by atoms with Gasteiger partial charge in [0.25, 0.3) is 0 Å². The van der Waals surface area contributed by atoms with Crippen LogP contribution < -0.4 is 0 Å². The minimum Gasteiger partial charge on any atom is -0.248 e. The molecule has 0 amide bonds. The number of nitrogens with zero attached hydrogens (tertiary/aromatic N) is 1. The summed E-state index contributed by atoms with van der Waals surface area (Å²) < 4.78 is 0. The summed E-state index contributed by atoms with van der Waals surface area (Å²) in [6.45, 7) is 4.27. The van der Waals surface area contributed by atoms with Gasteiger partial charge in [0.1, 0.15) is 0 Å². The summed E-state index contributed by atoms with van der Waals surface area (Å²) in [5.41, 5.74) is 13.8. The molecule has 0 aliphatic heterocycles. The van der Waals surface area contributed by atoms with Crippen molar-refractivity contribution in [1.82, 2.24) is 4.98 Å². The van der Waals surface area contributed by atoms with Gasteiger partial charge in [0.05, 0.1) is 11.4 Å². The third-order valence-corrected chi connectivity index (χ3v) is 6.95. The third-order valence-electron chi connectivity index (χ3n) is 6.95. The van der Waals surface area contributed by atoms with E-state index in [4.69, 9.17) is 4.98 Å². The fourth-order valence-corrected chi connectivity index (χ4v) is 4.99. The Balaban J connectivity index is 1.49. The smallest absolute Gasteiger partial charge is 0.0715 e. The van der Waals surface area contributed by atoms with Gasteiger partial charge in [-0.1, -0.05) is 126 Å². The van der Waals surface area contributed by atoms with Crippen LogP contribution in [-0.4, -0.2) is 4.98 Å². The normalized spacial score (nSPS) is 10.9. The maximum atomic E-state index is 5.20. The Kier molecular flexibility index (Phi) is 6.42. The summed E-state index contributed by atoms with van der Waals surface area (Å²) in [7, 11) is 0. The molecule has 1 heteroatoms. The highest BCUT2D eigenvalue weighted by Gasteiger charge is 2.11. The van der Waals surface area contributed by atoms with Gasteiger partial charge >= 0.3 is 0 Å². The molecule has 0 radical (unpaired) electrons. The third kappa shape index (κ3) is 5.05. The molecule has 0 saturated carbocycles. The van der Waals surface area contributed by atoms with Crippen molar-refractivity contribution in [3.05, 3.63) is 151 Å². The van der Waals surface area contributed by atoms with Crippen LogP contribution >= 0.6 is 0 Å². The average Bonchev–Trinajstić information content (AvgIpc) is 2.97. The first kappa shape index (κ1) is 23.6. The van der Waals surface area contributed by atoms with Crippen LogP contribution in [0.25, 0.3) is 55.9 Å². The van der Waals surface area contributed by atoms with Gasteiger partial charge in [0.15, 0.2) is 0 Å². The largest absolute Gasteiger partial charge is 0.248 e. The molecule has 0 bridgehead atoms. The Bertz CT molecular complexity index is 1620. The van der Waals surface area contributed by atoms with E-state index in [9.17, 15) is 0 Å². The molecule has 38 heavy (non-hydrogen) atoms. The lowest BCUT2D eigenvalue weighted by molar-refractivity contribution is 1.32. The highest BCUT2D eigenvalue weighted by molar-refractivity contribution is 5.80. The molecule has 6 aromatic rings. The van der Waals surface area contributed by atoms with E-state index in [-0.39, 0.29) is 0 Å². The zero-order valence-corrected chi connectivity index (χ0v) is 21.7. The monoisotopic (exact) mass is 487 g/mol. The van der Waals surface area contributed by atoms with Crippen molar-refractivity contribution in [3.63, 3.8) is 0 Å². The first-order chi connectivity index (χ1) is 18.6. The Labute approximate surface area is 225 Å². The van der Waals surface area contributed by atoms with E-state index >= 15 is 0 Å². The molecule has 0 atom stereocenters. The number of aryl methyl sites for hydroxylation is 2. The lowest BCUT2D eigenvalue weighted by Crippen LogP contribution is -1.92. The molecule has 0 N–H and O–H groups in total. The molecule has 6 rings (SSSR count). The van der Waals surface area contributed by atoms with Gasteiger partial charge in [-0.3, -0.25) is 0 Å². The molecule has 0 unspecified atom stereocenters. The van der Waals surface area contributed by atoms with E-state index in [0.29, 0.717) is 0 Å². The van der Waals surface area contributed by atoms with E-state index in [1.54, 1.807) is 0 Å². The summed E-state index contributed by atoms with van der Waals surface area (Å²) in [5.74, 6) is 0. The molecule has 0 aliphatic rings. The topological polar surface area (TPSA) is 12.9 Å². The highest BCUT2D eigenvalue weighted by atomic mass is 14.7. The number of hydrogen-bond donors (Lipinski definition) is 0. The molecular weight excluding hydrogens is 458 g/mol. The number of hydrogen-bond acceptors (Lipinski definition) is 1. The van der Waals surface area contributed by atoms with E-state index in [2.05, 4.69) is 153 Å². The van der Waals surface area contributed by atoms with Crippen LogP contribution in [0.1, 0.15) is 11.1 Å². The summed E-state index contributed by atoms with van der Waals surface area (Å²) >= 11 is 0. The van der Waals surface area contributed by atoms with Crippen LogP contribution in [0.4, 0.5) is 0 Å². The van der Waals surface area contributed by atoms with E-state index < -0.39 is 0 Å². The Hall–Kier alpha value is -4.75. The second-order valence-electron chi connectivity index (χ2n) is 9.89. The van der Waals surface area contributed by atoms with Crippen LogP contribution in [-0.2, 0) is 0 Å². The van der Waals surface area contributed by atoms with Gasteiger partial charge in [0, 0.05) is 11.1 Å². The van der Waals surface area contributed by atoms with Crippen LogP contribution in [0.5, 0.6) is 0 Å². The van der Waals surface area contributed by atoms with Gasteiger partial charge in [-0.15, -0.1) is 0 Å². The standard InChI is InChI=1S/C37H29N/c1-26-10-6-14-29(20-26)31-16-8-18-33(22-31)36-24-35(28-12-4-3-5-13-28)25-37(38-36)34-19-9-17-32(23-34)30-15-7-11-27(2)21-30/h3-25H,1-2H3. The SMILES string of the molecule is Cc1cccc(-c2cccc(-c3cc(-c4ccccc4)cc(-c4cccc(-c5cccc(C)c5)c4)n3)c2)c1. The zero-order chi connectivity index (χ0) is 25.9. The Morgan fingerprint density at radius 3 is 1.18 bits per heavy atom. The predicted molar refractivity (Wildman–Crippen MR) is 161 cm³/mol. The van der Waals surface area contributed by atoms with Crippen LogP contribution in [0.3, 0.4) is 0 Å². The van der Waals surface area contributed by atoms with E-state index in [1.165, 1.54) is 38.9 Å². The summed E-state index contributed by atoms with van der Waals surface area (Å²) in [5, 5.41) is 0. The first-order valence-corrected chi connectivity index (χ1v) is 13.0. The van der Waals surface area contributed by atoms with E-state index in [0.717, 1.165) is 28.1 Å². The number of aromatic nitrogens is 1. The van der Waals surface area contributed by atoms with Gasteiger partial charge < -0.3 is 0 Å². The van der Waals surface area contributed by atoms with Gasteiger partial charge in [0.2, 0.25) is 0 Å². The number of rotatable bonds is 5. The maximum absolute atomic E-state index is 5.20. The molecule has 1 aromatic heterocycles. The molecule has 1 nitrogen and oxygen atoms in total. The Morgan fingerprint density at radius 2 is 0.711 bits per heavy atom. The lowest BCUT2D eigenvalue weighted by Gasteiger charge is -2.12. The van der Waals surface area contributed by atoms with Gasteiger partial charge in [-0.2, -0.15) is 0 Å². The maximum Gasteiger partial charge on any atom is 0.0715 e. The zero-order valence-electron chi connectivity index (χ0n) is 21.7. The van der Waals surface area contributed by atoms with Gasteiger partial charge in [-0.25, -0.2) is 4.98 Å². The summed E-state index contributed by atoms with van der Waals surface area (Å²) in [4.78, 5) is 5.20. The summed E-state index contributed by atoms with van der Waals surface area (Å²) in [6.07, 6.45) is 0. The van der Waals surface area contributed by atoms with Crippen LogP contribution in [0, 0.1) is 13.8 Å². The molecule has 0 fully saturated rings. The van der Waals surface area contributed by atoms with Crippen molar-refractivity contribution in [2.75, 3.05) is 0 Å². The first-order valence-electron chi connectivity index (χ1n) is 13.0. The van der Waals surface area contributed by atoms with Crippen molar-refractivity contribution in [1.29, 1.82) is 0 Å². The van der Waals surface area contributed by atoms with E-state index in [1.807, 2.05) is 0 Å². The molecule has 0 aliphatic carbocycles. The van der Waals surface area contributed by atoms with Crippen molar-refractivity contribution in [2.24, 2.45) is 0 Å². The van der Waals surface area contributed by atoms with Crippen LogP contribution in [0.2, 0.25) is 0 Å². The number of pyridine rings is 1. The lowest BCUT2D eigenvalue weighted by atomic mass is 9.96. The predicted octanol–water partition coefficient (Wildman–Crippen LogP) is 10.0. The fourth-order valence-electron chi connectivity index (χ4n) is 4.99. The Morgan fingerprint density at radius 1 is 0.316 bits per heavy atom. The molecule has 0 saturated heterocycles. The van der Waals surface area contributed by atoms with Crippen molar-refractivity contribution >= 4 is 0 Å². The van der Waals surface area contributed by atoms with Crippen molar-refractivity contribution in [2.45, 2.75) is 13.8 Å². The van der Waals surface area contributed by atoms with Crippen LogP contribution in [0.15, 0.2) is 140 Å². The van der Waals surface area contributed by atoms with Crippen molar-refractivity contribution in [3.8, 4) is 55.9 Å². The minimum atomic E-state index is 0.969. The van der Waals surface area contributed by atoms with Gasteiger partial charge in [-0.05, 0) is 71.5 Å². The number of benzene rings is 5. The quantitative estimate of drug-likeness (QED) is 0.236. The summed E-state index contributed by atoms with van der Waals surface area (Å²) in [6, 6.07) is 49.7.